The van der Waals surface area contributed by atoms with Crippen molar-refractivity contribution in [3.05, 3.63) is 70.9 Å². The number of thiazole rings is 1. The summed E-state index contributed by atoms with van der Waals surface area (Å²) in [6.07, 6.45) is 1.13. The molecule has 0 aliphatic heterocycles. The van der Waals surface area contributed by atoms with Gasteiger partial charge < -0.3 is 10.6 Å². The van der Waals surface area contributed by atoms with E-state index in [-0.39, 0.29) is 20.1 Å². The number of nitrogens with one attached hydrogen (secondary N) is 3. The topological polar surface area (TPSA) is 126 Å². The Hall–Kier alpha value is -3.09. The summed E-state index contributed by atoms with van der Waals surface area (Å²) >= 11 is 5.98. The molecule has 144 valence electrons. The molecule has 3 N–H and O–H groups in total. The van der Waals surface area contributed by atoms with Crippen LogP contribution in [0.1, 0.15) is 0 Å². The Morgan fingerprint density at radius 1 is 1.04 bits per heavy atom. The molecule has 0 aliphatic rings. The summed E-state index contributed by atoms with van der Waals surface area (Å²) in [5, 5.41) is 16.6. The summed E-state index contributed by atoms with van der Waals surface area (Å²) in [5.41, 5.74) is 1.01. The van der Waals surface area contributed by atoms with Crippen molar-refractivity contribution in [2.45, 2.75) is 4.90 Å². The molecule has 0 spiro atoms. The van der Waals surface area contributed by atoms with E-state index in [1.54, 1.807) is 42.5 Å². The summed E-state index contributed by atoms with van der Waals surface area (Å²) < 4.78 is 27.3. The highest BCUT2D eigenvalue weighted by molar-refractivity contribution is 7.92. The fourth-order valence-corrected chi connectivity index (χ4v) is 4.08. The van der Waals surface area contributed by atoms with Gasteiger partial charge in [-0.3, -0.25) is 14.8 Å². The van der Waals surface area contributed by atoms with Crippen LogP contribution in [0.4, 0.5) is 21.5 Å². The van der Waals surface area contributed by atoms with Crippen molar-refractivity contribution >= 4 is 60.2 Å². The number of hydrogen-bond acceptors (Lipinski definition) is 7. The van der Waals surface area contributed by atoms with Crippen LogP contribution in [0, 0.1) is 10.1 Å². The van der Waals surface area contributed by atoms with Crippen LogP contribution in [-0.4, -0.2) is 23.4 Å². The fraction of sp³-hybridized carbons (Fsp3) is 0. The Kier molecular flexibility index (Phi) is 5.82. The molecule has 2 aromatic carbocycles. The smallest absolute Gasteiger partial charge is 0.332 e. The number of nitro groups is 1. The standard InChI is InChI=1S/C16H13N5O4S3/c22-21(23)14-10-17-16(27-14)19-15(26)18-11-6-8-13(9-7-11)28(24,25)20-12-4-2-1-3-5-12/h1-10,20H,(H2,17,18,19,26). The molecule has 0 aliphatic carbocycles. The number of thiocarbonyl (C=S) groups is 1. The summed E-state index contributed by atoms with van der Waals surface area (Å²) in [4.78, 5) is 14.1. The van der Waals surface area contributed by atoms with Gasteiger partial charge in [0.25, 0.3) is 10.0 Å². The van der Waals surface area contributed by atoms with Crippen molar-refractivity contribution in [1.82, 2.24) is 4.98 Å². The second-order valence-corrected chi connectivity index (χ2v) is 8.44. The molecule has 0 fully saturated rings. The average molecular weight is 436 g/mol. The molecule has 0 unspecified atom stereocenters. The number of rotatable bonds is 6. The second kappa shape index (κ2) is 8.29. The third-order valence-electron chi connectivity index (χ3n) is 3.34. The predicted molar refractivity (Wildman–Crippen MR) is 112 cm³/mol. The highest BCUT2D eigenvalue weighted by Gasteiger charge is 2.15. The molecule has 0 amide bonds. The maximum Gasteiger partial charge on any atom is 0.345 e. The molecule has 1 aromatic heterocycles. The highest BCUT2D eigenvalue weighted by atomic mass is 32.2. The first-order valence-corrected chi connectivity index (χ1v) is 10.4. The molecule has 28 heavy (non-hydrogen) atoms. The van der Waals surface area contributed by atoms with Gasteiger partial charge in [0.05, 0.1) is 9.82 Å². The van der Waals surface area contributed by atoms with Crippen LogP contribution in [0.15, 0.2) is 65.7 Å². The van der Waals surface area contributed by atoms with Gasteiger partial charge in [0.15, 0.2) is 10.2 Å². The van der Waals surface area contributed by atoms with Gasteiger partial charge in [-0.25, -0.2) is 13.4 Å². The summed E-state index contributed by atoms with van der Waals surface area (Å²) in [6, 6.07) is 14.5. The average Bonchev–Trinajstić information content (AvgIpc) is 3.11. The van der Waals surface area contributed by atoms with Crippen molar-refractivity contribution in [1.29, 1.82) is 0 Å². The van der Waals surface area contributed by atoms with Gasteiger partial charge in [0, 0.05) is 11.4 Å². The summed E-state index contributed by atoms with van der Waals surface area (Å²) in [5.74, 6) is 0. The summed E-state index contributed by atoms with van der Waals surface area (Å²) in [6.45, 7) is 0. The van der Waals surface area contributed by atoms with Gasteiger partial charge in [0.2, 0.25) is 0 Å². The maximum atomic E-state index is 12.4. The maximum absolute atomic E-state index is 12.4. The number of aromatic nitrogens is 1. The van der Waals surface area contributed by atoms with Crippen LogP contribution < -0.4 is 15.4 Å². The third-order valence-corrected chi connectivity index (χ3v) is 5.81. The predicted octanol–water partition coefficient (Wildman–Crippen LogP) is 3.66. The first kappa shape index (κ1) is 19.7. The largest absolute Gasteiger partial charge is 0.345 e. The first-order valence-electron chi connectivity index (χ1n) is 7.70. The Morgan fingerprint density at radius 3 is 2.32 bits per heavy atom. The Bertz CT molecular complexity index is 1100. The van der Waals surface area contributed by atoms with E-state index in [1.807, 2.05) is 0 Å². The quantitative estimate of drug-likeness (QED) is 0.304. The van der Waals surface area contributed by atoms with Gasteiger partial charge in [-0.2, -0.15) is 0 Å². The first-order chi connectivity index (χ1) is 13.3. The molecular formula is C16H13N5O4S3. The zero-order chi connectivity index (χ0) is 20.1. The van der Waals surface area contributed by atoms with Gasteiger partial charge in [0.1, 0.15) is 6.20 Å². The SMILES string of the molecule is O=[N+]([O-])c1cnc(NC(=S)Nc2ccc(S(=O)(=O)Nc3ccccc3)cc2)s1. The minimum Gasteiger partial charge on any atom is -0.332 e. The number of nitrogens with zero attached hydrogens (tertiary/aromatic N) is 2. The van der Waals surface area contributed by atoms with Gasteiger partial charge in [-0.05, 0) is 60.0 Å². The van der Waals surface area contributed by atoms with E-state index in [4.69, 9.17) is 12.2 Å². The second-order valence-electron chi connectivity index (χ2n) is 5.34. The molecule has 0 saturated heterocycles. The van der Waals surface area contributed by atoms with Crippen molar-refractivity contribution < 1.29 is 13.3 Å². The minimum atomic E-state index is -3.71. The van der Waals surface area contributed by atoms with Crippen LogP contribution in [0.3, 0.4) is 0 Å². The third kappa shape index (κ3) is 5.00. The zero-order valence-corrected chi connectivity index (χ0v) is 16.5. The van der Waals surface area contributed by atoms with E-state index < -0.39 is 14.9 Å². The molecule has 3 aromatic rings. The van der Waals surface area contributed by atoms with E-state index in [2.05, 4.69) is 20.3 Å². The Labute approximate surface area is 169 Å². The lowest BCUT2D eigenvalue weighted by molar-refractivity contribution is -0.380. The molecule has 0 saturated carbocycles. The van der Waals surface area contributed by atoms with Gasteiger partial charge in [-0.1, -0.05) is 18.2 Å². The van der Waals surface area contributed by atoms with Gasteiger partial charge in [-0.15, -0.1) is 0 Å². The number of anilines is 3. The fourth-order valence-electron chi connectivity index (χ4n) is 2.10. The molecule has 0 bridgehead atoms. The minimum absolute atomic E-state index is 0.0938. The molecule has 9 nitrogen and oxygen atoms in total. The molecule has 1 heterocycles. The van der Waals surface area contributed by atoms with E-state index in [0.717, 1.165) is 17.5 Å². The molecule has 3 rings (SSSR count). The van der Waals surface area contributed by atoms with Crippen molar-refractivity contribution in [3.63, 3.8) is 0 Å². The van der Waals surface area contributed by atoms with Crippen molar-refractivity contribution in [3.8, 4) is 0 Å². The van der Waals surface area contributed by atoms with E-state index in [1.165, 1.54) is 12.1 Å². The lowest BCUT2D eigenvalue weighted by Crippen LogP contribution is -2.19. The monoisotopic (exact) mass is 435 g/mol. The van der Waals surface area contributed by atoms with E-state index >= 15 is 0 Å². The van der Waals surface area contributed by atoms with Crippen LogP contribution in [0.25, 0.3) is 0 Å². The number of hydrogen-bond donors (Lipinski definition) is 3. The van der Waals surface area contributed by atoms with Crippen LogP contribution in [0.2, 0.25) is 0 Å². The Morgan fingerprint density at radius 2 is 1.71 bits per heavy atom. The van der Waals surface area contributed by atoms with Crippen molar-refractivity contribution in [2.75, 3.05) is 15.4 Å². The van der Waals surface area contributed by atoms with Crippen LogP contribution in [0.5, 0.6) is 0 Å². The number of para-hydroxylation sites is 1. The Balaban J connectivity index is 1.63. The number of benzene rings is 2. The summed E-state index contributed by atoms with van der Waals surface area (Å²) in [7, 11) is -3.71. The molecule has 12 heteroatoms. The van der Waals surface area contributed by atoms with Crippen LogP contribution >= 0.6 is 23.6 Å². The number of sulfonamides is 1. The van der Waals surface area contributed by atoms with Crippen molar-refractivity contribution in [2.24, 2.45) is 0 Å². The molecule has 0 radical (unpaired) electrons. The highest BCUT2D eigenvalue weighted by Crippen LogP contribution is 2.25. The molecule has 0 atom stereocenters. The zero-order valence-electron chi connectivity index (χ0n) is 14.0. The van der Waals surface area contributed by atoms with E-state index in [0.29, 0.717) is 11.4 Å². The van der Waals surface area contributed by atoms with E-state index in [9.17, 15) is 18.5 Å². The lowest BCUT2D eigenvalue weighted by Gasteiger charge is -2.10. The van der Waals surface area contributed by atoms with Gasteiger partial charge >= 0.3 is 5.00 Å². The molecular weight excluding hydrogens is 422 g/mol. The van der Waals surface area contributed by atoms with Crippen LogP contribution in [-0.2, 0) is 10.0 Å². The normalized spacial score (nSPS) is 10.9. The lowest BCUT2D eigenvalue weighted by atomic mass is 10.3.